The van der Waals surface area contributed by atoms with Crippen LogP contribution in [0, 0.1) is 0 Å². The van der Waals surface area contributed by atoms with Crippen LogP contribution in [0.2, 0.25) is 0 Å². The molecule has 0 aliphatic rings. The minimum Gasteiger partial charge on any atom is -0.323 e. The van der Waals surface area contributed by atoms with Crippen LogP contribution in [-0.4, -0.2) is 10.9 Å². The number of hydrogen-bond donors (Lipinski definition) is 3. The van der Waals surface area contributed by atoms with E-state index in [9.17, 15) is 4.79 Å². The van der Waals surface area contributed by atoms with Gasteiger partial charge in [-0.3, -0.25) is 15.6 Å². The lowest BCUT2D eigenvalue weighted by molar-refractivity contribution is 0.102. The van der Waals surface area contributed by atoms with Crippen LogP contribution < -0.4 is 16.6 Å². The highest BCUT2D eigenvalue weighted by atomic mass is 79.9. The average molecular weight is 386 g/mol. The van der Waals surface area contributed by atoms with Gasteiger partial charge in [0.2, 0.25) is 0 Å². The number of nitrogen functional groups attached to an aromatic ring is 1. The van der Waals surface area contributed by atoms with Crippen LogP contribution in [0.15, 0.2) is 45.6 Å². The van der Waals surface area contributed by atoms with Gasteiger partial charge in [0.15, 0.2) is 0 Å². The zero-order chi connectivity index (χ0) is 13.8. The van der Waals surface area contributed by atoms with E-state index in [0.29, 0.717) is 16.9 Å². The zero-order valence-electron chi connectivity index (χ0n) is 9.65. The standard InChI is InChI=1S/C12H10Br2N4O/c13-8-2-1-3-9(14)11(8)17-12(19)7-6-16-5-4-10(7)18-15/h1-6H,15H2,(H,16,18)(H,17,19). The molecule has 98 valence electrons. The average Bonchev–Trinajstić information content (AvgIpc) is 2.42. The summed E-state index contributed by atoms with van der Waals surface area (Å²) in [7, 11) is 0. The van der Waals surface area contributed by atoms with Crippen molar-refractivity contribution in [3.05, 3.63) is 51.2 Å². The largest absolute Gasteiger partial charge is 0.323 e. The summed E-state index contributed by atoms with van der Waals surface area (Å²) in [5.74, 6) is 5.07. The summed E-state index contributed by atoms with van der Waals surface area (Å²) in [6, 6.07) is 7.17. The second-order valence-corrected chi connectivity index (χ2v) is 5.33. The van der Waals surface area contributed by atoms with E-state index in [1.165, 1.54) is 6.20 Å². The molecule has 19 heavy (non-hydrogen) atoms. The number of nitrogens with zero attached hydrogens (tertiary/aromatic N) is 1. The lowest BCUT2D eigenvalue weighted by atomic mass is 10.2. The van der Waals surface area contributed by atoms with E-state index >= 15 is 0 Å². The van der Waals surface area contributed by atoms with Gasteiger partial charge in [-0.2, -0.15) is 0 Å². The van der Waals surface area contributed by atoms with Gasteiger partial charge >= 0.3 is 0 Å². The first kappa shape index (κ1) is 14.0. The quantitative estimate of drug-likeness (QED) is 0.560. The molecule has 0 saturated carbocycles. The molecule has 1 amide bonds. The first-order chi connectivity index (χ1) is 9.13. The van der Waals surface area contributed by atoms with Crippen LogP contribution in [0.25, 0.3) is 0 Å². The number of amides is 1. The van der Waals surface area contributed by atoms with Gasteiger partial charge in [0.1, 0.15) is 0 Å². The lowest BCUT2D eigenvalue weighted by Crippen LogP contribution is -2.18. The monoisotopic (exact) mass is 384 g/mol. The highest BCUT2D eigenvalue weighted by molar-refractivity contribution is 9.11. The normalized spacial score (nSPS) is 10.1. The number of aromatic nitrogens is 1. The zero-order valence-corrected chi connectivity index (χ0v) is 12.8. The van der Waals surface area contributed by atoms with Crippen molar-refractivity contribution < 1.29 is 4.79 Å². The van der Waals surface area contributed by atoms with E-state index in [1.54, 1.807) is 12.3 Å². The van der Waals surface area contributed by atoms with Gasteiger partial charge in [0.05, 0.1) is 16.9 Å². The summed E-state index contributed by atoms with van der Waals surface area (Å²) in [5.41, 5.74) is 4.00. The molecular formula is C12H10Br2N4O. The molecule has 1 aromatic heterocycles. The third kappa shape index (κ3) is 3.12. The fraction of sp³-hybridized carbons (Fsp3) is 0. The van der Waals surface area contributed by atoms with Crippen molar-refractivity contribution in [1.82, 2.24) is 4.98 Å². The number of benzene rings is 1. The molecule has 1 aromatic carbocycles. The molecule has 0 aliphatic heterocycles. The fourth-order valence-electron chi connectivity index (χ4n) is 1.50. The lowest BCUT2D eigenvalue weighted by Gasteiger charge is -2.11. The van der Waals surface area contributed by atoms with E-state index in [1.807, 2.05) is 18.2 Å². The maximum absolute atomic E-state index is 12.2. The SMILES string of the molecule is NNc1ccncc1C(=O)Nc1c(Br)cccc1Br. The summed E-state index contributed by atoms with van der Waals surface area (Å²) < 4.78 is 1.56. The summed E-state index contributed by atoms with van der Waals surface area (Å²) in [5, 5.41) is 2.80. The molecule has 1 heterocycles. The smallest absolute Gasteiger partial charge is 0.259 e. The van der Waals surface area contributed by atoms with Crippen molar-refractivity contribution in [2.45, 2.75) is 0 Å². The molecule has 0 radical (unpaired) electrons. The number of carbonyl (C=O) groups excluding carboxylic acids is 1. The van der Waals surface area contributed by atoms with Gasteiger partial charge in [0.25, 0.3) is 5.91 Å². The molecule has 5 nitrogen and oxygen atoms in total. The van der Waals surface area contributed by atoms with E-state index in [0.717, 1.165) is 8.95 Å². The van der Waals surface area contributed by atoms with Gasteiger partial charge in [0, 0.05) is 21.3 Å². The third-order valence-corrected chi connectivity index (χ3v) is 3.74. The summed E-state index contributed by atoms with van der Waals surface area (Å²) >= 11 is 6.77. The highest BCUT2D eigenvalue weighted by Gasteiger charge is 2.14. The van der Waals surface area contributed by atoms with Gasteiger partial charge in [-0.15, -0.1) is 0 Å². The second kappa shape index (κ2) is 6.14. The predicted octanol–water partition coefficient (Wildman–Crippen LogP) is 3.14. The molecule has 0 bridgehead atoms. The Balaban J connectivity index is 2.31. The van der Waals surface area contributed by atoms with Crippen LogP contribution in [0.1, 0.15) is 10.4 Å². The Hall–Kier alpha value is -1.44. The number of anilines is 2. The number of nitrogens with two attached hydrogens (primary N) is 1. The van der Waals surface area contributed by atoms with Crippen LogP contribution in [-0.2, 0) is 0 Å². The van der Waals surface area contributed by atoms with Crippen molar-refractivity contribution in [3.63, 3.8) is 0 Å². The van der Waals surface area contributed by atoms with Gasteiger partial charge in [-0.1, -0.05) is 6.07 Å². The molecule has 0 atom stereocenters. The molecular weight excluding hydrogens is 376 g/mol. The Bertz CT molecular complexity index is 598. The van der Waals surface area contributed by atoms with Crippen molar-refractivity contribution in [2.24, 2.45) is 5.84 Å². The van der Waals surface area contributed by atoms with E-state index in [4.69, 9.17) is 5.84 Å². The number of halogens is 2. The van der Waals surface area contributed by atoms with Gasteiger partial charge in [-0.25, -0.2) is 0 Å². The van der Waals surface area contributed by atoms with E-state index in [2.05, 4.69) is 47.6 Å². The number of nitrogens with one attached hydrogen (secondary N) is 2. The Morgan fingerprint density at radius 3 is 2.53 bits per heavy atom. The van der Waals surface area contributed by atoms with Crippen molar-refractivity contribution in [2.75, 3.05) is 10.7 Å². The van der Waals surface area contributed by atoms with Gasteiger partial charge < -0.3 is 10.7 Å². The fourth-order valence-corrected chi connectivity index (χ4v) is 2.70. The number of hydrogen-bond acceptors (Lipinski definition) is 4. The van der Waals surface area contributed by atoms with E-state index < -0.39 is 0 Å². The Morgan fingerprint density at radius 2 is 1.89 bits per heavy atom. The maximum Gasteiger partial charge on any atom is 0.259 e. The maximum atomic E-state index is 12.2. The number of rotatable bonds is 3. The molecule has 0 fully saturated rings. The highest BCUT2D eigenvalue weighted by Crippen LogP contribution is 2.31. The van der Waals surface area contributed by atoms with Crippen molar-refractivity contribution in [1.29, 1.82) is 0 Å². The molecule has 4 N–H and O–H groups in total. The van der Waals surface area contributed by atoms with Crippen LogP contribution in [0.3, 0.4) is 0 Å². The van der Waals surface area contributed by atoms with Crippen LogP contribution >= 0.6 is 31.9 Å². The summed E-state index contributed by atoms with van der Waals surface area (Å²) in [6.07, 6.45) is 3.01. The molecule has 0 unspecified atom stereocenters. The predicted molar refractivity (Wildman–Crippen MR) is 81.8 cm³/mol. The number of hydrazine groups is 1. The number of pyridine rings is 1. The second-order valence-electron chi connectivity index (χ2n) is 3.62. The minimum atomic E-state index is -0.298. The summed E-state index contributed by atoms with van der Waals surface area (Å²) in [6.45, 7) is 0. The van der Waals surface area contributed by atoms with Crippen LogP contribution in [0.4, 0.5) is 11.4 Å². The van der Waals surface area contributed by atoms with Crippen molar-refractivity contribution in [3.8, 4) is 0 Å². The Labute approximate surface area is 126 Å². The first-order valence-electron chi connectivity index (χ1n) is 5.29. The summed E-state index contributed by atoms with van der Waals surface area (Å²) in [4.78, 5) is 16.1. The van der Waals surface area contributed by atoms with Crippen LogP contribution in [0.5, 0.6) is 0 Å². The topological polar surface area (TPSA) is 80.0 Å². The van der Waals surface area contributed by atoms with E-state index in [-0.39, 0.29) is 5.91 Å². The molecule has 0 aliphatic carbocycles. The molecule has 7 heteroatoms. The first-order valence-corrected chi connectivity index (χ1v) is 6.88. The molecule has 0 spiro atoms. The molecule has 2 aromatic rings. The van der Waals surface area contributed by atoms with Gasteiger partial charge in [-0.05, 0) is 50.1 Å². The molecule has 0 saturated heterocycles. The Morgan fingerprint density at radius 1 is 1.21 bits per heavy atom. The van der Waals surface area contributed by atoms with Crippen molar-refractivity contribution >= 4 is 49.1 Å². The number of para-hydroxylation sites is 1. The third-order valence-electron chi connectivity index (χ3n) is 2.42. The minimum absolute atomic E-state index is 0.298. The molecule has 2 rings (SSSR count). The number of carbonyl (C=O) groups is 1. The Kier molecular flexibility index (Phi) is 4.52.